The van der Waals surface area contributed by atoms with Crippen molar-refractivity contribution >= 4 is 0 Å². The van der Waals surface area contributed by atoms with E-state index in [9.17, 15) is 4.79 Å². The minimum Gasteiger partial charge on any atom is -0.491 e. The van der Waals surface area contributed by atoms with E-state index in [1.54, 1.807) is 6.07 Å². The predicted molar refractivity (Wildman–Crippen MR) is 114 cm³/mol. The summed E-state index contributed by atoms with van der Waals surface area (Å²) < 4.78 is 13.4. The fraction of sp³-hybridized carbons (Fsp3) is 0.480. The van der Waals surface area contributed by atoms with Crippen LogP contribution in [0.5, 0.6) is 5.75 Å². The van der Waals surface area contributed by atoms with Gasteiger partial charge in [-0.15, -0.1) is 0 Å². The van der Waals surface area contributed by atoms with Crippen molar-refractivity contribution in [1.82, 2.24) is 4.57 Å². The SMILES string of the molecule is Cc1cc(OC[C@H]2CCCCO2)cc(=O)n1[C@@H](C)c1ccc(C#CC2CC2)cc1. The molecule has 4 rings (SSSR count). The zero-order valence-corrected chi connectivity index (χ0v) is 17.3. The number of aromatic nitrogens is 1. The minimum absolute atomic E-state index is 0.0466. The summed E-state index contributed by atoms with van der Waals surface area (Å²) in [5, 5.41) is 0. The quantitative estimate of drug-likeness (QED) is 0.706. The average Bonchev–Trinajstić information content (AvgIpc) is 3.56. The molecule has 0 unspecified atom stereocenters. The molecule has 2 aliphatic rings. The van der Waals surface area contributed by atoms with Crippen molar-refractivity contribution < 1.29 is 9.47 Å². The number of hydrogen-bond donors (Lipinski definition) is 0. The van der Waals surface area contributed by atoms with Crippen LogP contribution in [-0.4, -0.2) is 23.9 Å². The fourth-order valence-corrected chi connectivity index (χ4v) is 3.80. The van der Waals surface area contributed by atoms with Crippen LogP contribution in [0.25, 0.3) is 0 Å². The first kappa shape index (κ1) is 19.8. The predicted octanol–water partition coefficient (Wildman–Crippen LogP) is 4.48. The summed E-state index contributed by atoms with van der Waals surface area (Å²) in [4.78, 5) is 12.8. The second-order valence-electron chi connectivity index (χ2n) is 8.18. The molecular formula is C25H29NO3. The maximum absolute atomic E-state index is 12.8. The van der Waals surface area contributed by atoms with E-state index < -0.39 is 0 Å². The summed E-state index contributed by atoms with van der Waals surface area (Å²) in [5.74, 6) is 7.74. The standard InChI is InChI=1S/C25H29NO3/c1-18-15-24(29-17-23-5-3-4-14-28-23)16-25(27)26(18)19(2)22-12-10-21(11-13-22)9-8-20-6-7-20/h10-13,15-16,19-20,23H,3-7,14,17H2,1-2H3/t19-,23+/m0/s1. The van der Waals surface area contributed by atoms with Crippen LogP contribution in [-0.2, 0) is 4.74 Å². The Morgan fingerprint density at radius 3 is 2.62 bits per heavy atom. The Kier molecular flexibility index (Phi) is 6.06. The first-order valence-corrected chi connectivity index (χ1v) is 10.7. The van der Waals surface area contributed by atoms with Gasteiger partial charge < -0.3 is 14.0 Å². The molecule has 152 valence electrons. The van der Waals surface area contributed by atoms with Gasteiger partial charge in [0.15, 0.2) is 0 Å². The van der Waals surface area contributed by atoms with Crippen LogP contribution >= 0.6 is 0 Å². The number of rotatable bonds is 5. The van der Waals surface area contributed by atoms with Gasteiger partial charge in [0.25, 0.3) is 5.56 Å². The van der Waals surface area contributed by atoms with Crippen molar-refractivity contribution in [2.75, 3.05) is 13.2 Å². The molecule has 1 aliphatic heterocycles. The molecule has 0 bridgehead atoms. The topological polar surface area (TPSA) is 40.5 Å². The Balaban J connectivity index is 1.45. The molecule has 0 radical (unpaired) electrons. The van der Waals surface area contributed by atoms with E-state index in [0.29, 0.717) is 18.3 Å². The molecule has 0 N–H and O–H groups in total. The van der Waals surface area contributed by atoms with Crippen LogP contribution in [0.4, 0.5) is 0 Å². The molecule has 2 aromatic rings. The highest BCUT2D eigenvalue weighted by molar-refractivity contribution is 5.38. The molecule has 1 saturated carbocycles. The second kappa shape index (κ2) is 8.88. The van der Waals surface area contributed by atoms with E-state index in [-0.39, 0.29) is 17.7 Å². The van der Waals surface area contributed by atoms with Crippen LogP contribution in [0.3, 0.4) is 0 Å². The van der Waals surface area contributed by atoms with Crippen molar-refractivity contribution in [2.45, 2.75) is 58.1 Å². The smallest absolute Gasteiger partial charge is 0.254 e. The number of benzene rings is 1. The lowest BCUT2D eigenvalue weighted by molar-refractivity contribution is -0.0111. The first-order chi connectivity index (χ1) is 14.1. The van der Waals surface area contributed by atoms with E-state index in [2.05, 4.69) is 30.9 Å². The maximum atomic E-state index is 12.8. The van der Waals surface area contributed by atoms with E-state index in [1.807, 2.05) is 29.7 Å². The monoisotopic (exact) mass is 391 g/mol. The maximum Gasteiger partial charge on any atom is 0.254 e. The summed E-state index contributed by atoms with van der Waals surface area (Å²) in [7, 11) is 0. The van der Waals surface area contributed by atoms with Gasteiger partial charge in [0, 0.05) is 29.8 Å². The van der Waals surface area contributed by atoms with Crippen LogP contribution in [0.1, 0.15) is 61.9 Å². The minimum atomic E-state index is -0.0522. The second-order valence-corrected chi connectivity index (χ2v) is 8.18. The van der Waals surface area contributed by atoms with E-state index in [1.165, 1.54) is 19.3 Å². The number of aryl methyl sites for hydroxylation is 1. The zero-order chi connectivity index (χ0) is 20.2. The summed E-state index contributed by atoms with van der Waals surface area (Å²) in [6.45, 7) is 5.31. The van der Waals surface area contributed by atoms with Gasteiger partial charge >= 0.3 is 0 Å². The van der Waals surface area contributed by atoms with Crippen LogP contribution in [0.2, 0.25) is 0 Å². The third kappa shape index (κ3) is 5.10. The zero-order valence-electron chi connectivity index (χ0n) is 17.3. The van der Waals surface area contributed by atoms with Crippen molar-refractivity contribution in [3.63, 3.8) is 0 Å². The number of ether oxygens (including phenoxy) is 2. The molecule has 1 aromatic carbocycles. The van der Waals surface area contributed by atoms with Gasteiger partial charge in [0.2, 0.25) is 0 Å². The Morgan fingerprint density at radius 1 is 1.17 bits per heavy atom. The van der Waals surface area contributed by atoms with Crippen LogP contribution in [0.15, 0.2) is 41.2 Å². The van der Waals surface area contributed by atoms with E-state index in [0.717, 1.165) is 36.3 Å². The Hall–Kier alpha value is -2.51. The highest BCUT2D eigenvalue weighted by Crippen LogP contribution is 2.27. The number of pyridine rings is 1. The Labute approximate surface area is 172 Å². The van der Waals surface area contributed by atoms with Gasteiger partial charge in [-0.3, -0.25) is 4.79 Å². The molecular weight excluding hydrogens is 362 g/mol. The van der Waals surface area contributed by atoms with E-state index in [4.69, 9.17) is 9.47 Å². The molecule has 4 nitrogen and oxygen atoms in total. The average molecular weight is 392 g/mol. The third-order valence-electron chi connectivity index (χ3n) is 5.72. The lowest BCUT2D eigenvalue weighted by Gasteiger charge is -2.23. The normalized spacial score (nSPS) is 19.9. The first-order valence-electron chi connectivity index (χ1n) is 10.7. The molecule has 0 amide bonds. The summed E-state index contributed by atoms with van der Waals surface area (Å²) in [6, 6.07) is 11.7. The molecule has 1 saturated heterocycles. The van der Waals surface area contributed by atoms with Crippen molar-refractivity contribution in [1.29, 1.82) is 0 Å². The molecule has 1 aromatic heterocycles. The molecule has 29 heavy (non-hydrogen) atoms. The summed E-state index contributed by atoms with van der Waals surface area (Å²) in [5.41, 5.74) is 2.97. The van der Waals surface area contributed by atoms with Crippen molar-refractivity contribution in [3.8, 4) is 17.6 Å². The largest absolute Gasteiger partial charge is 0.491 e. The molecule has 1 aliphatic carbocycles. The van der Waals surface area contributed by atoms with Gasteiger partial charge in [-0.1, -0.05) is 24.0 Å². The molecule has 2 fully saturated rings. The number of hydrogen-bond acceptors (Lipinski definition) is 3. The van der Waals surface area contributed by atoms with Gasteiger partial charge in [0.1, 0.15) is 12.4 Å². The number of nitrogens with zero attached hydrogens (tertiary/aromatic N) is 1. The highest BCUT2D eigenvalue weighted by Gasteiger charge is 2.18. The van der Waals surface area contributed by atoms with Crippen LogP contribution in [0, 0.1) is 24.7 Å². The summed E-state index contributed by atoms with van der Waals surface area (Å²) >= 11 is 0. The van der Waals surface area contributed by atoms with E-state index >= 15 is 0 Å². The van der Waals surface area contributed by atoms with Gasteiger partial charge in [-0.2, -0.15) is 0 Å². The Bertz CT molecular complexity index is 954. The highest BCUT2D eigenvalue weighted by atomic mass is 16.5. The van der Waals surface area contributed by atoms with Gasteiger partial charge in [-0.05, 0) is 69.7 Å². The molecule has 0 spiro atoms. The Morgan fingerprint density at radius 2 is 1.97 bits per heavy atom. The lowest BCUT2D eigenvalue weighted by Crippen LogP contribution is -2.28. The molecule has 2 heterocycles. The summed E-state index contributed by atoms with van der Waals surface area (Å²) in [6.07, 6.45) is 5.92. The fourth-order valence-electron chi connectivity index (χ4n) is 3.80. The van der Waals surface area contributed by atoms with Gasteiger partial charge in [-0.25, -0.2) is 0 Å². The molecule has 2 atom stereocenters. The van der Waals surface area contributed by atoms with Crippen molar-refractivity contribution in [2.24, 2.45) is 5.92 Å². The lowest BCUT2D eigenvalue weighted by atomic mass is 10.1. The van der Waals surface area contributed by atoms with Gasteiger partial charge in [0.05, 0.1) is 12.1 Å². The van der Waals surface area contributed by atoms with Crippen LogP contribution < -0.4 is 10.3 Å². The third-order valence-corrected chi connectivity index (χ3v) is 5.72. The van der Waals surface area contributed by atoms with Crippen molar-refractivity contribution in [3.05, 3.63) is 63.6 Å². The molecule has 4 heteroatoms.